The maximum atomic E-state index is 12.6. The maximum Gasteiger partial charge on any atom is 0.149 e. The summed E-state index contributed by atoms with van der Waals surface area (Å²) in [6, 6.07) is 10.3. The first-order chi connectivity index (χ1) is 8.47. The summed E-state index contributed by atoms with van der Waals surface area (Å²) in [7, 11) is 6.50. The summed E-state index contributed by atoms with van der Waals surface area (Å²) in [6.07, 6.45) is 3.27. The molecule has 18 heavy (non-hydrogen) atoms. The molecule has 0 bridgehead atoms. The summed E-state index contributed by atoms with van der Waals surface area (Å²) >= 11 is 0. The van der Waals surface area contributed by atoms with Gasteiger partial charge in [0.2, 0.25) is 0 Å². The van der Waals surface area contributed by atoms with Crippen molar-refractivity contribution in [2.45, 2.75) is 25.2 Å². The number of rotatable bonds is 3. The minimum atomic E-state index is 0.136. The highest BCUT2D eigenvalue weighted by Gasteiger charge is 2.34. The Kier molecular flexibility index (Phi) is 3.86. The normalized spacial score (nSPS) is 25.2. The zero-order valence-electron chi connectivity index (χ0n) is 11.7. The first kappa shape index (κ1) is 13.3. The Balaban J connectivity index is 2.12. The number of hydrogen-bond donors (Lipinski definition) is 0. The van der Waals surface area contributed by atoms with Crippen molar-refractivity contribution >= 4 is 5.78 Å². The molecule has 1 fully saturated rings. The minimum absolute atomic E-state index is 0.136. The summed E-state index contributed by atoms with van der Waals surface area (Å²) in [5, 5.41) is 0. The highest BCUT2D eigenvalue weighted by atomic mass is 16.1. The van der Waals surface area contributed by atoms with E-state index in [4.69, 9.17) is 0 Å². The third kappa shape index (κ3) is 3.20. The van der Waals surface area contributed by atoms with Gasteiger partial charge in [0.05, 0.1) is 33.6 Å². The lowest BCUT2D eigenvalue weighted by Crippen LogP contribution is -2.43. The minimum Gasteiger partial charge on any atom is -0.330 e. The van der Waals surface area contributed by atoms with Gasteiger partial charge in [0.25, 0.3) is 0 Å². The molecule has 2 unspecified atom stereocenters. The van der Waals surface area contributed by atoms with Crippen molar-refractivity contribution in [2.24, 2.45) is 5.92 Å². The standard InChI is InChI=1S/C16H24NO/c1-17(2,3)12-14-10-7-11-15(16(14)18)13-8-5-4-6-9-13/h4-6,8-9,14-15H,7,10-12H2,1-3H3/q+1. The van der Waals surface area contributed by atoms with Crippen LogP contribution in [0.1, 0.15) is 30.7 Å². The van der Waals surface area contributed by atoms with Gasteiger partial charge in [0.1, 0.15) is 5.78 Å². The second-order valence-corrected chi connectivity index (χ2v) is 6.47. The number of carbonyl (C=O) groups is 1. The number of ketones is 1. The van der Waals surface area contributed by atoms with Crippen LogP contribution in [0.2, 0.25) is 0 Å². The average Bonchev–Trinajstić information content (AvgIpc) is 2.31. The molecule has 1 aromatic rings. The van der Waals surface area contributed by atoms with E-state index in [9.17, 15) is 4.79 Å². The van der Waals surface area contributed by atoms with Crippen LogP contribution in [0.5, 0.6) is 0 Å². The van der Waals surface area contributed by atoms with Crippen LogP contribution in [0.3, 0.4) is 0 Å². The van der Waals surface area contributed by atoms with E-state index in [1.807, 2.05) is 18.2 Å². The van der Waals surface area contributed by atoms with Gasteiger partial charge in [-0.15, -0.1) is 0 Å². The summed E-state index contributed by atoms with van der Waals surface area (Å²) < 4.78 is 0.873. The fourth-order valence-corrected chi connectivity index (χ4v) is 3.00. The number of Topliss-reactive ketones (excluding diaryl/α,β-unsaturated/α-hetero) is 1. The van der Waals surface area contributed by atoms with E-state index in [0.29, 0.717) is 5.78 Å². The molecule has 2 rings (SSSR count). The molecule has 0 N–H and O–H groups in total. The molecule has 2 atom stereocenters. The lowest BCUT2D eigenvalue weighted by atomic mass is 9.76. The maximum absolute atomic E-state index is 12.6. The first-order valence-corrected chi connectivity index (χ1v) is 6.86. The van der Waals surface area contributed by atoms with Crippen LogP contribution >= 0.6 is 0 Å². The smallest absolute Gasteiger partial charge is 0.149 e. The summed E-state index contributed by atoms with van der Waals surface area (Å²) in [5.41, 5.74) is 1.20. The van der Waals surface area contributed by atoms with Gasteiger partial charge in [0.15, 0.2) is 0 Å². The van der Waals surface area contributed by atoms with Crippen molar-refractivity contribution in [3.63, 3.8) is 0 Å². The zero-order valence-corrected chi connectivity index (χ0v) is 11.7. The fraction of sp³-hybridized carbons (Fsp3) is 0.562. The first-order valence-electron chi connectivity index (χ1n) is 6.86. The van der Waals surface area contributed by atoms with Gasteiger partial charge in [0, 0.05) is 5.92 Å². The van der Waals surface area contributed by atoms with Crippen LogP contribution in [-0.2, 0) is 4.79 Å². The molecule has 0 amide bonds. The third-order valence-electron chi connectivity index (χ3n) is 3.76. The number of nitrogens with zero attached hydrogens (tertiary/aromatic N) is 1. The van der Waals surface area contributed by atoms with Crippen molar-refractivity contribution in [3.8, 4) is 0 Å². The Morgan fingerprint density at radius 1 is 1.11 bits per heavy atom. The molecule has 1 aliphatic rings. The largest absolute Gasteiger partial charge is 0.330 e. The number of benzene rings is 1. The summed E-state index contributed by atoms with van der Waals surface area (Å²) in [4.78, 5) is 12.6. The molecular formula is C16H24NO+. The van der Waals surface area contributed by atoms with Crippen LogP contribution in [0.25, 0.3) is 0 Å². The van der Waals surface area contributed by atoms with Gasteiger partial charge < -0.3 is 4.48 Å². The van der Waals surface area contributed by atoms with Gasteiger partial charge in [-0.25, -0.2) is 0 Å². The molecule has 1 saturated carbocycles. The van der Waals surface area contributed by atoms with Crippen LogP contribution in [0.4, 0.5) is 0 Å². The third-order valence-corrected chi connectivity index (χ3v) is 3.76. The van der Waals surface area contributed by atoms with Crippen LogP contribution in [-0.4, -0.2) is 38.0 Å². The second kappa shape index (κ2) is 5.23. The molecule has 1 aliphatic carbocycles. The van der Waals surface area contributed by atoms with Crippen LogP contribution in [0, 0.1) is 5.92 Å². The second-order valence-electron chi connectivity index (χ2n) is 6.47. The van der Waals surface area contributed by atoms with Gasteiger partial charge in [-0.3, -0.25) is 4.79 Å². The fourth-order valence-electron chi connectivity index (χ4n) is 3.00. The van der Waals surface area contributed by atoms with Gasteiger partial charge in [-0.2, -0.15) is 0 Å². The van der Waals surface area contributed by atoms with Crippen molar-refractivity contribution in [2.75, 3.05) is 27.7 Å². The van der Waals surface area contributed by atoms with Crippen molar-refractivity contribution in [3.05, 3.63) is 35.9 Å². The van der Waals surface area contributed by atoms with Crippen molar-refractivity contribution in [1.29, 1.82) is 0 Å². The molecule has 2 heteroatoms. The van der Waals surface area contributed by atoms with E-state index in [1.54, 1.807) is 0 Å². The number of quaternary nitrogens is 1. The topological polar surface area (TPSA) is 17.1 Å². The Morgan fingerprint density at radius 2 is 1.78 bits per heavy atom. The van der Waals surface area contributed by atoms with Gasteiger partial charge in [-0.05, 0) is 18.4 Å². The van der Waals surface area contributed by atoms with Gasteiger partial charge >= 0.3 is 0 Å². The van der Waals surface area contributed by atoms with Crippen molar-refractivity contribution in [1.82, 2.24) is 0 Å². The lowest BCUT2D eigenvalue weighted by Gasteiger charge is -2.33. The van der Waals surface area contributed by atoms with Gasteiger partial charge in [-0.1, -0.05) is 36.8 Å². The van der Waals surface area contributed by atoms with E-state index in [-0.39, 0.29) is 11.8 Å². The zero-order chi connectivity index (χ0) is 13.2. The molecule has 0 heterocycles. The van der Waals surface area contributed by atoms with E-state index in [0.717, 1.165) is 23.9 Å². The number of hydrogen-bond acceptors (Lipinski definition) is 1. The predicted octanol–water partition coefficient (Wildman–Crippen LogP) is 2.85. The molecule has 0 aliphatic heterocycles. The SMILES string of the molecule is C[N+](C)(C)CC1CCCC(c2ccccc2)C1=O. The summed E-state index contributed by atoms with van der Waals surface area (Å²) in [5.74, 6) is 0.834. The predicted molar refractivity (Wildman–Crippen MR) is 74.4 cm³/mol. The van der Waals surface area contributed by atoms with Crippen LogP contribution in [0.15, 0.2) is 30.3 Å². The Bertz CT molecular complexity index is 405. The Morgan fingerprint density at radius 3 is 2.39 bits per heavy atom. The molecule has 0 radical (unpaired) electrons. The summed E-state index contributed by atoms with van der Waals surface area (Å²) in [6.45, 7) is 0.960. The van der Waals surface area contributed by atoms with E-state index in [2.05, 4.69) is 33.3 Å². The molecule has 2 nitrogen and oxygen atoms in total. The lowest BCUT2D eigenvalue weighted by molar-refractivity contribution is -0.872. The van der Waals surface area contributed by atoms with E-state index >= 15 is 0 Å². The van der Waals surface area contributed by atoms with E-state index < -0.39 is 0 Å². The Hall–Kier alpha value is -1.15. The Labute approximate surface area is 110 Å². The molecule has 0 spiro atoms. The van der Waals surface area contributed by atoms with Crippen molar-refractivity contribution < 1.29 is 9.28 Å². The highest BCUT2D eigenvalue weighted by Crippen LogP contribution is 2.33. The average molecular weight is 246 g/mol. The molecule has 0 aromatic heterocycles. The quantitative estimate of drug-likeness (QED) is 0.750. The number of carbonyl (C=O) groups excluding carboxylic acids is 1. The highest BCUT2D eigenvalue weighted by molar-refractivity contribution is 5.88. The molecule has 98 valence electrons. The molecule has 1 aromatic carbocycles. The molecular weight excluding hydrogens is 222 g/mol. The monoisotopic (exact) mass is 246 g/mol. The van der Waals surface area contributed by atoms with Crippen LogP contribution < -0.4 is 0 Å². The van der Waals surface area contributed by atoms with E-state index in [1.165, 1.54) is 12.0 Å². The molecule has 0 saturated heterocycles.